The van der Waals surface area contributed by atoms with E-state index < -0.39 is 8.87 Å². The first-order chi connectivity index (χ1) is 4.64. The molecule has 1 fully saturated rings. The maximum Gasteiger partial charge on any atom is 0.201 e. The van der Waals surface area contributed by atoms with Gasteiger partial charge in [0.05, 0.1) is 5.75 Å². The van der Waals surface area contributed by atoms with Crippen LogP contribution in [0, 0.1) is 18.3 Å². The molecule has 1 heterocycles. The van der Waals surface area contributed by atoms with Gasteiger partial charge >= 0.3 is 0 Å². The van der Waals surface area contributed by atoms with Gasteiger partial charge in [0.15, 0.2) is 0 Å². The van der Waals surface area contributed by atoms with E-state index in [1.807, 2.05) is 0 Å². The molecule has 0 saturated carbocycles. The van der Waals surface area contributed by atoms with E-state index >= 15 is 0 Å². The lowest BCUT2D eigenvalue weighted by Gasteiger charge is -2.15. The molecule has 0 spiro atoms. The minimum atomic E-state index is -2.80. The Balaban J connectivity index is 2.56. The Morgan fingerprint density at radius 2 is 2.30 bits per heavy atom. The van der Waals surface area contributed by atoms with Crippen molar-refractivity contribution in [2.75, 3.05) is 11.5 Å². The maximum absolute atomic E-state index is 10.8. The van der Waals surface area contributed by atoms with Gasteiger partial charge in [-0.2, -0.15) is 0 Å². The number of terminal acetylenes is 1. The Hall–Kier alpha value is -0.140. The fraction of sp³-hybridized carbons (Fsp3) is 0.667. The highest BCUT2D eigenvalue weighted by atomic mass is 33.1. The third kappa shape index (κ3) is 1.93. The van der Waals surface area contributed by atoms with Crippen LogP contribution in [0.1, 0.15) is 6.42 Å². The van der Waals surface area contributed by atoms with Crippen molar-refractivity contribution in [3.05, 3.63) is 0 Å². The summed E-state index contributed by atoms with van der Waals surface area (Å²) in [6.45, 7) is 0. The van der Waals surface area contributed by atoms with Crippen LogP contribution in [-0.2, 0) is 8.87 Å². The second kappa shape index (κ2) is 2.85. The lowest BCUT2D eigenvalue weighted by Crippen LogP contribution is -2.16. The molecule has 0 amide bonds. The van der Waals surface area contributed by atoms with Crippen LogP contribution in [0.5, 0.6) is 0 Å². The van der Waals surface area contributed by atoms with E-state index in [0.29, 0.717) is 12.2 Å². The molecule has 0 aliphatic carbocycles. The van der Waals surface area contributed by atoms with E-state index in [0.717, 1.165) is 10.8 Å². The summed E-state index contributed by atoms with van der Waals surface area (Å²) in [5.41, 5.74) is 0. The van der Waals surface area contributed by atoms with Gasteiger partial charge < -0.3 is 0 Å². The summed E-state index contributed by atoms with van der Waals surface area (Å²) in [6, 6.07) is 0. The maximum atomic E-state index is 10.8. The Morgan fingerprint density at radius 1 is 1.60 bits per heavy atom. The molecule has 56 valence electrons. The molecule has 2 nitrogen and oxygen atoms in total. The van der Waals surface area contributed by atoms with E-state index in [-0.39, 0.29) is 11.7 Å². The number of rotatable bonds is 0. The molecule has 1 atom stereocenters. The summed E-state index contributed by atoms with van der Waals surface area (Å²) in [7, 11) is -1.82. The molecule has 1 unspecified atom stereocenters. The molecule has 0 radical (unpaired) electrons. The molecule has 4 heteroatoms. The molecule has 0 aromatic heterocycles. The van der Waals surface area contributed by atoms with Crippen molar-refractivity contribution in [1.29, 1.82) is 0 Å². The van der Waals surface area contributed by atoms with Crippen molar-refractivity contribution in [1.82, 2.24) is 0 Å². The van der Waals surface area contributed by atoms with Gasteiger partial charge in [0.1, 0.15) is 0 Å². The molecule has 0 aromatic carbocycles. The topological polar surface area (TPSA) is 34.1 Å². The summed E-state index contributed by atoms with van der Waals surface area (Å²) in [5, 5.41) is 0. The summed E-state index contributed by atoms with van der Waals surface area (Å²) >= 11 is 0. The average Bonchev–Trinajstić information content (AvgIpc) is 1.88. The van der Waals surface area contributed by atoms with Gasteiger partial charge in [0.2, 0.25) is 8.87 Å². The molecule has 0 bridgehead atoms. The van der Waals surface area contributed by atoms with Gasteiger partial charge in [-0.3, -0.25) is 0 Å². The molecule has 1 saturated heterocycles. The molecule has 1 rings (SSSR count). The van der Waals surface area contributed by atoms with Crippen molar-refractivity contribution >= 4 is 19.7 Å². The fourth-order valence-electron chi connectivity index (χ4n) is 0.746. The summed E-state index contributed by atoms with van der Waals surface area (Å²) < 4.78 is 21.6. The summed E-state index contributed by atoms with van der Waals surface area (Å²) in [4.78, 5) is 0. The first-order valence-corrected chi connectivity index (χ1v) is 6.13. The van der Waals surface area contributed by atoms with Crippen LogP contribution in [-0.4, -0.2) is 19.9 Å². The van der Waals surface area contributed by atoms with Gasteiger partial charge in [0, 0.05) is 11.7 Å². The second-order valence-corrected chi connectivity index (χ2v) is 6.52. The molecular weight excluding hydrogens is 168 g/mol. The lowest BCUT2D eigenvalue weighted by molar-refractivity contribution is 0.598. The second-order valence-electron chi connectivity index (χ2n) is 2.20. The predicted molar refractivity (Wildman–Crippen MR) is 43.2 cm³/mol. The first kappa shape index (κ1) is 7.96. The van der Waals surface area contributed by atoms with Gasteiger partial charge in [0.25, 0.3) is 0 Å². The van der Waals surface area contributed by atoms with Crippen molar-refractivity contribution < 1.29 is 8.42 Å². The van der Waals surface area contributed by atoms with Crippen LogP contribution >= 0.6 is 10.8 Å². The zero-order valence-electron chi connectivity index (χ0n) is 5.41. The van der Waals surface area contributed by atoms with Gasteiger partial charge in [-0.25, -0.2) is 8.42 Å². The highest BCUT2D eigenvalue weighted by Crippen LogP contribution is 2.26. The van der Waals surface area contributed by atoms with Crippen LogP contribution in [0.25, 0.3) is 0 Å². The fourth-order valence-corrected chi connectivity index (χ4v) is 3.83. The molecule has 0 aromatic rings. The van der Waals surface area contributed by atoms with Gasteiger partial charge in [-0.05, 0) is 17.2 Å². The highest BCUT2D eigenvalue weighted by molar-refractivity contribution is 8.72. The molecular formula is C6H8O2S2. The smallest absolute Gasteiger partial charge is 0.201 e. The largest absolute Gasteiger partial charge is 0.217 e. The third-order valence-electron chi connectivity index (χ3n) is 1.40. The Bertz CT molecular complexity index is 233. The van der Waals surface area contributed by atoms with E-state index in [2.05, 4.69) is 5.92 Å². The van der Waals surface area contributed by atoms with Crippen molar-refractivity contribution in [2.45, 2.75) is 6.42 Å². The van der Waals surface area contributed by atoms with Crippen molar-refractivity contribution in [2.24, 2.45) is 5.92 Å². The third-order valence-corrected chi connectivity index (χ3v) is 5.02. The number of hydrogen-bond acceptors (Lipinski definition) is 3. The predicted octanol–water partition coefficient (Wildman–Crippen LogP) is 0.703. The van der Waals surface area contributed by atoms with Crippen LogP contribution in [0.2, 0.25) is 0 Å². The van der Waals surface area contributed by atoms with E-state index in [1.54, 1.807) is 0 Å². The average molecular weight is 176 g/mol. The molecule has 10 heavy (non-hydrogen) atoms. The molecule has 1 aliphatic rings. The summed E-state index contributed by atoms with van der Waals surface area (Å²) in [6.07, 6.45) is 5.76. The monoisotopic (exact) mass is 176 g/mol. The van der Waals surface area contributed by atoms with E-state index in [1.165, 1.54) is 0 Å². The molecule has 0 N–H and O–H groups in total. The first-order valence-electron chi connectivity index (χ1n) is 2.97. The SMILES string of the molecule is C#CC1CCS(=O)(=O)SC1. The zero-order chi connectivity index (χ0) is 7.61. The minimum absolute atomic E-state index is 0.161. The van der Waals surface area contributed by atoms with E-state index in [4.69, 9.17) is 6.42 Å². The molecule has 1 aliphatic heterocycles. The Labute approximate surface area is 64.7 Å². The van der Waals surface area contributed by atoms with E-state index in [9.17, 15) is 8.42 Å². The lowest BCUT2D eigenvalue weighted by atomic mass is 10.1. The van der Waals surface area contributed by atoms with Crippen LogP contribution < -0.4 is 0 Å². The Kier molecular flexibility index (Phi) is 2.27. The standard InChI is InChI=1S/C6H8O2S2/c1-2-6-3-4-10(7,8)9-5-6/h1,6H,3-5H2. The quantitative estimate of drug-likeness (QED) is 0.402. The van der Waals surface area contributed by atoms with Gasteiger partial charge in [-0.15, -0.1) is 12.3 Å². The normalized spacial score (nSPS) is 30.9. The zero-order valence-corrected chi connectivity index (χ0v) is 7.04. The van der Waals surface area contributed by atoms with Crippen molar-refractivity contribution in [3.8, 4) is 12.3 Å². The van der Waals surface area contributed by atoms with Crippen LogP contribution in [0.15, 0.2) is 0 Å². The minimum Gasteiger partial charge on any atom is -0.217 e. The van der Waals surface area contributed by atoms with Crippen LogP contribution in [0.4, 0.5) is 0 Å². The van der Waals surface area contributed by atoms with Gasteiger partial charge in [-0.1, -0.05) is 0 Å². The van der Waals surface area contributed by atoms with Crippen LogP contribution in [0.3, 0.4) is 0 Å². The summed E-state index contributed by atoms with van der Waals surface area (Å²) in [5.74, 6) is 3.53. The highest BCUT2D eigenvalue weighted by Gasteiger charge is 2.22. The Morgan fingerprint density at radius 3 is 2.70 bits per heavy atom. The number of hydrogen-bond donors (Lipinski definition) is 0. The van der Waals surface area contributed by atoms with Crippen molar-refractivity contribution in [3.63, 3.8) is 0 Å².